The van der Waals surface area contributed by atoms with Gasteiger partial charge in [-0.3, -0.25) is 0 Å². The molecular formula is C14H30N2. The van der Waals surface area contributed by atoms with E-state index in [4.69, 9.17) is 0 Å². The van der Waals surface area contributed by atoms with Crippen molar-refractivity contribution in [3.05, 3.63) is 0 Å². The first-order valence-electron chi connectivity index (χ1n) is 7.33. The number of nitrogens with zero attached hydrogens (tertiary/aromatic N) is 1. The second kappa shape index (κ2) is 9.00. The Labute approximate surface area is 102 Å². The average molecular weight is 226 g/mol. The molecule has 1 heterocycles. The van der Waals surface area contributed by atoms with Crippen LogP contribution in [0.3, 0.4) is 0 Å². The van der Waals surface area contributed by atoms with Crippen molar-refractivity contribution in [2.45, 2.75) is 64.8 Å². The van der Waals surface area contributed by atoms with E-state index in [1.54, 1.807) is 0 Å². The van der Waals surface area contributed by atoms with E-state index < -0.39 is 0 Å². The van der Waals surface area contributed by atoms with Crippen LogP contribution < -0.4 is 5.32 Å². The first-order valence-corrected chi connectivity index (χ1v) is 7.33. The molecule has 2 heteroatoms. The van der Waals surface area contributed by atoms with Crippen molar-refractivity contribution in [2.75, 3.05) is 26.2 Å². The molecule has 1 aliphatic heterocycles. The van der Waals surface area contributed by atoms with E-state index in [0.29, 0.717) is 0 Å². The highest BCUT2D eigenvalue weighted by molar-refractivity contribution is 4.75. The van der Waals surface area contributed by atoms with Crippen LogP contribution in [-0.2, 0) is 0 Å². The third kappa shape index (κ3) is 5.31. The second-order valence-corrected chi connectivity index (χ2v) is 5.01. The third-order valence-corrected chi connectivity index (χ3v) is 3.77. The molecule has 0 aromatic carbocycles. The summed E-state index contributed by atoms with van der Waals surface area (Å²) in [6, 6.07) is 0.891. The fraction of sp³-hybridized carbons (Fsp3) is 1.00. The Morgan fingerprint density at radius 1 is 1.12 bits per heavy atom. The van der Waals surface area contributed by atoms with Gasteiger partial charge in [0, 0.05) is 6.04 Å². The summed E-state index contributed by atoms with van der Waals surface area (Å²) in [4.78, 5) is 2.73. The molecule has 2 nitrogen and oxygen atoms in total. The van der Waals surface area contributed by atoms with Crippen molar-refractivity contribution in [1.29, 1.82) is 0 Å². The zero-order valence-electron chi connectivity index (χ0n) is 11.3. The van der Waals surface area contributed by atoms with Crippen LogP contribution in [0.4, 0.5) is 0 Å². The zero-order chi connectivity index (χ0) is 11.6. The van der Waals surface area contributed by atoms with Crippen molar-refractivity contribution in [1.82, 2.24) is 10.2 Å². The molecule has 1 saturated heterocycles. The summed E-state index contributed by atoms with van der Waals surface area (Å²) in [6.07, 6.45) is 9.79. The molecule has 1 atom stereocenters. The lowest BCUT2D eigenvalue weighted by Gasteiger charge is -2.35. The number of nitrogens with one attached hydrogen (secondary N) is 1. The quantitative estimate of drug-likeness (QED) is 0.640. The van der Waals surface area contributed by atoms with Gasteiger partial charge in [-0.2, -0.15) is 0 Å². The Morgan fingerprint density at radius 2 is 2.00 bits per heavy atom. The van der Waals surface area contributed by atoms with Gasteiger partial charge < -0.3 is 10.2 Å². The number of likely N-dealkylation sites (tertiary alicyclic amines) is 1. The minimum absolute atomic E-state index is 0.891. The molecule has 0 spiro atoms. The Hall–Kier alpha value is -0.0800. The van der Waals surface area contributed by atoms with Crippen LogP contribution in [0.1, 0.15) is 58.8 Å². The summed E-state index contributed by atoms with van der Waals surface area (Å²) >= 11 is 0. The van der Waals surface area contributed by atoms with Crippen LogP contribution in [-0.4, -0.2) is 37.1 Å². The van der Waals surface area contributed by atoms with Crippen LogP contribution >= 0.6 is 0 Å². The first-order chi connectivity index (χ1) is 7.88. The molecule has 0 aromatic rings. The molecule has 0 aliphatic carbocycles. The van der Waals surface area contributed by atoms with Crippen molar-refractivity contribution < 1.29 is 0 Å². The van der Waals surface area contributed by atoms with Gasteiger partial charge in [0.05, 0.1) is 0 Å². The lowest BCUT2D eigenvalue weighted by Crippen LogP contribution is -2.39. The Balaban J connectivity index is 2.02. The van der Waals surface area contributed by atoms with Crippen molar-refractivity contribution >= 4 is 0 Å². The van der Waals surface area contributed by atoms with E-state index in [-0.39, 0.29) is 0 Å². The minimum Gasteiger partial charge on any atom is -0.317 e. The zero-order valence-corrected chi connectivity index (χ0v) is 11.3. The predicted molar refractivity (Wildman–Crippen MR) is 71.9 cm³/mol. The first kappa shape index (κ1) is 14.0. The molecule has 1 unspecified atom stereocenters. The molecule has 1 fully saturated rings. The maximum Gasteiger partial charge on any atom is 0.00926 e. The van der Waals surface area contributed by atoms with Crippen LogP contribution in [0.2, 0.25) is 0 Å². The molecule has 0 bridgehead atoms. The summed E-state index contributed by atoms with van der Waals surface area (Å²) in [5.74, 6) is 0. The van der Waals surface area contributed by atoms with Gasteiger partial charge in [-0.25, -0.2) is 0 Å². The van der Waals surface area contributed by atoms with Crippen LogP contribution in [0.25, 0.3) is 0 Å². The Kier molecular flexibility index (Phi) is 7.87. The van der Waals surface area contributed by atoms with Crippen LogP contribution in [0.5, 0.6) is 0 Å². The second-order valence-electron chi connectivity index (χ2n) is 5.01. The number of hydrogen-bond donors (Lipinski definition) is 1. The Morgan fingerprint density at radius 3 is 2.75 bits per heavy atom. The van der Waals surface area contributed by atoms with Gasteiger partial charge in [-0.1, -0.05) is 26.7 Å². The van der Waals surface area contributed by atoms with E-state index in [1.165, 1.54) is 64.6 Å². The number of rotatable bonds is 8. The van der Waals surface area contributed by atoms with E-state index >= 15 is 0 Å². The fourth-order valence-corrected chi connectivity index (χ4v) is 2.74. The Bertz CT molecular complexity index is 159. The maximum atomic E-state index is 3.39. The summed E-state index contributed by atoms with van der Waals surface area (Å²) < 4.78 is 0. The van der Waals surface area contributed by atoms with Gasteiger partial charge in [0.25, 0.3) is 0 Å². The highest BCUT2D eigenvalue weighted by atomic mass is 15.2. The number of piperidine rings is 1. The third-order valence-electron chi connectivity index (χ3n) is 3.77. The molecule has 0 aromatic heterocycles. The normalized spacial score (nSPS) is 22.5. The monoisotopic (exact) mass is 226 g/mol. The maximum absolute atomic E-state index is 3.39. The van der Waals surface area contributed by atoms with Crippen molar-refractivity contribution in [3.8, 4) is 0 Å². The van der Waals surface area contributed by atoms with Crippen LogP contribution in [0, 0.1) is 0 Å². The van der Waals surface area contributed by atoms with Gasteiger partial charge in [-0.05, 0) is 58.3 Å². The highest BCUT2D eigenvalue weighted by Gasteiger charge is 2.19. The smallest absolute Gasteiger partial charge is 0.00926 e. The summed E-state index contributed by atoms with van der Waals surface area (Å²) in [7, 11) is 0. The molecule has 96 valence electrons. The van der Waals surface area contributed by atoms with Gasteiger partial charge in [0.2, 0.25) is 0 Å². The lowest BCUT2D eigenvalue weighted by molar-refractivity contribution is 0.141. The number of unbranched alkanes of at least 4 members (excludes halogenated alkanes) is 2. The minimum atomic E-state index is 0.891. The van der Waals surface area contributed by atoms with E-state index in [0.717, 1.165) is 12.6 Å². The molecule has 1 aliphatic rings. The predicted octanol–water partition coefficient (Wildman–Crippen LogP) is 3.03. The molecule has 16 heavy (non-hydrogen) atoms. The van der Waals surface area contributed by atoms with Gasteiger partial charge in [0.15, 0.2) is 0 Å². The molecule has 0 radical (unpaired) electrons. The topological polar surface area (TPSA) is 15.3 Å². The molecule has 1 N–H and O–H groups in total. The van der Waals surface area contributed by atoms with Gasteiger partial charge in [0.1, 0.15) is 0 Å². The van der Waals surface area contributed by atoms with Crippen molar-refractivity contribution in [3.63, 3.8) is 0 Å². The van der Waals surface area contributed by atoms with Crippen molar-refractivity contribution in [2.24, 2.45) is 0 Å². The summed E-state index contributed by atoms with van der Waals surface area (Å²) in [6.45, 7) is 9.53. The highest BCUT2D eigenvalue weighted by Crippen LogP contribution is 2.19. The molecule has 0 amide bonds. The van der Waals surface area contributed by atoms with E-state index in [2.05, 4.69) is 24.1 Å². The molecule has 0 saturated carbocycles. The number of hydrogen-bond acceptors (Lipinski definition) is 2. The largest absolute Gasteiger partial charge is 0.317 e. The fourth-order valence-electron chi connectivity index (χ4n) is 2.74. The van der Waals surface area contributed by atoms with Gasteiger partial charge in [-0.15, -0.1) is 0 Å². The average Bonchev–Trinajstić information content (AvgIpc) is 2.34. The summed E-state index contributed by atoms with van der Waals surface area (Å²) in [5, 5.41) is 3.39. The van der Waals surface area contributed by atoms with E-state index in [1.807, 2.05) is 0 Å². The van der Waals surface area contributed by atoms with Gasteiger partial charge >= 0.3 is 0 Å². The summed E-state index contributed by atoms with van der Waals surface area (Å²) in [5.41, 5.74) is 0. The standard InChI is InChI=1S/C14H30N2/c1-3-14-10-6-9-13-16(14)12-8-5-7-11-15-4-2/h14-15H,3-13H2,1-2H3. The molecular weight excluding hydrogens is 196 g/mol. The SMILES string of the molecule is CCNCCCCCN1CCCCC1CC. The van der Waals surface area contributed by atoms with E-state index in [9.17, 15) is 0 Å². The molecule has 1 rings (SSSR count). The lowest BCUT2D eigenvalue weighted by atomic mass is 9.99. The van der Waals surface area contributed by atoms with Crippen LogP contribution in [0.15, 0.2) is 0 Å².